The minimum absolute atomic E-state index is 0.0393. The normalized spacial score (nSPS) is 10.5. The SMILES string of the molecule is CC(=O)c1cccc(OCC(=O)Nc2cccc(CN(C)C)c2)c1. The van der Waals surface area contributed by atoms with Crippen molar-refractivity contribution in [1.29, 1.82) is 0 Å². The molecule has 0 bridgehead atoms. The van der Waals surface area contributed by atoms with Gasteiger partial charge in [0.1, 0.15) is 5.75 Å². The lowest BCUT2D eigenvalue weighted by Gasteiger charge is -2.12. The van der Waals surface area contributed by atoms with Crippen LogP contribution in [-0.2, 0) is 11.3 Å². The summed E-state index contributed by atoms with van der Waals surface area (Å²) in [6, 6.07) is 14.5. The molecule has 0 spiro atoms. The molecule has 0 fully saturated rings. The Bertz CT molecular complexity index is 726. The Labute approximate surface area is 142 Å². The number of hydrogen-bond acceptors (Lipinski definition) is 4. The number of nitrogens with one attached hydrogen (secondary N) is 1. The van der Waals surface area contributed by atoms with Crippen molar-refractivity contribution in [2.24, 2.45) is 0 Å². The summed E-state index contributed by atoms with van der Waals surface area (Å²) in [7, 11) is 3.99. The number of ether oxygens (including phenoxy) is 1. The van der Waals surface area contributed by atoms with Crippen molar-refractivity contribution < 1.29 is 14.3 Å². The third kappa shape index (κ3) is 5.52. The number of anilines is 1. The van der Waals surface area contributed by atoms with Gasteiger partial charge in [0.05, 0.1) is 0 Å². The Morgan fingerprint density at radius 3 is 2.54 bits per heavy atom. The summed E-state index contributed by atoms with van der Waals surface area (Å²) in [6.07, 6.45) is 0. The zero-order valence-electron chi connectivity index (χ0n) is 14.2. The van der Waals surface area contributed by atoms with E-state index in [4.69, 9.17) is 4.74 Å². The molecule has 24 heavy (non-hydrogen) atoms. The van der Waals surface area contributed by atoms with Crippen LogP contribution in [-0.4, -0.2) is 37.3 Å². The average molecular weight is 326 g/mol. The van der Waals surface area contributed by atoms with Crippen LogP contribution >= 0.6 is 0 Å². The van der Waals surface area contributed by atoms with Crippen LogP contribution in [0.1, 0.15) is 22.8 Å². The highest BCUT2D eigenvalue weighted by Crippen LogP contribution is 2.15. The van der Waals surface area contributed by atoms with Crippen molar-refractivity contribution in [2.75, 3.05) is 26.0 Å². The Morgan fingerprint density at radius 1 is 1.08 bits per heavy atom. The second kappa shape index (κ2) is 8.26. The molecule has 0 radical (unpaired) electrons. The molecule has 0 aliphatic carbocycles. The smallest absolute Gasteiger partial charge is 0.262 e. The number of benzene rings is 2. The summed E-state index contributed by atoms with van der Waals surface area (Å²) in [4.78, 5) is 25.4. The first-order valence-electron chi connectivity index (χ1n) is 7.71. The van der Waals surface area contributed by atoms with E-state index < -0.39 is 0 Å². The van der Waals surface area contributed by atoms with E-state index in [-0.39, 0.29) is 18.3 Å². The molecular formula is C19H22N2O3. The lowest BCUT2D eigenvalue weighted by Crippen LogP contribution is -2.20. The molecule has 2 rings (SSSR count). The maximum absolute atomic E-state index is 12.0. The number of amides is 1. The van der Waals surface area contributed by atoms with Gasteiger partial charge >= 0.3 is 0 Å². The fourth-order valence-corrected chi connectivity index (χ4v) is 2.26. The quantitative estimate of drug-likeness (QED) is 0.795. The average Bonchev–Trinajstić information content (AvgIpc) is 2.53. The molecule has 0 saturated carbocycles. The first-order chi connectivity index (χ1) is 11.4. The molecule has 0 heterocycles. The number of ketones is 1. The van der Waals surface area contributed by atoms with Gasteiger partial charge in [-0.3, -0.25) is 9.59 Å². The van der Waals surface area contributed by atoms with Crippen LogP contribution in [0.15, 0.2) is 48.5 Å². The van der Waals surface area contributed by atoms with Crippen LogP contribution in [0.25, 0.3) is 0 Å². The lowest BCUT2D eigenvalue weighted by atomic mass is 10.1. The van der Waals surface area contributed by atoms with E-state index in [1.54, 1.807) is 24.3 Å². The van der Waals surface area contributed by atoms with E-state index in [2.05, 4.69) is 10.2 Å². The summed E-state index contributed by atoms with van der Waals surface area (Å²) in [5, 5.41) is 2.81. The number of hydrogen-bond donors (Lipinski definition) is 1. The van der Waals surface area contributed by atoms with Crippen LogP contribution in [0, 0.1) is 0 Å². The Kier molecular flexibility index (Phi) is 6.09. The molecule has 0 unspecified atom stereocenters. The first kappa shape index (κ1) is 17.7. The van der Waals surface area contributed by atoms with Crippen molar-refractivity contribution in [3.05, 3.63) is 59.7 Å². The van der Waals surface area contributed by atoms with Crippen molar-refractivity contribution in [3.63, 3.8) is 0 Å². The van der Waals surface area contributed by atoms with Crippen molar-refractivity contribution in [1.82, 2.24) is 4.90 Å². The zero-order chi connectivity index (χ0) is 17.5. The molecule has 0 atom stereocenters. The Morgan fingerprint density at radius 2 is 1.83 bits per heavy atom. The number of Topliss-reactive ketones (excluding diaryl/α,β-unsaturated/α-hetero) is 1. The number of carbonyl (C=O) groups excluding carboxylic acids is 2. The number of rotatable bonds is 7. The van der Waals surface area contributed by atoms with Gasteiger partial charge in [-0.05, 0) is 50.8 Å². The fourth-order valence-electron chi connectivity index (χ4n) is 2.26. The molecule has 2 aromatic carbocycles. The summed E-state index contributed by atoms with van der Waals surface area (Å²) in [6.45, 7) is 2.18. The van der Waals surface area contributed by atoms with E-state index in [9.17, 15) is 9.59 Å². The second-order valence-corrected chi connectivity index (χ2v) is 5.86. The minimum atomic E-state index is -0.245. The summed E-state index contributed by atoms with van der Waals surface area (Å²) in [5.41, 5.74) is 2.41. The highest BCUT2D eigenvalue weighted by molar-refractivity contribution is 5.94. The van der Waals surface area contributed by atoms with Gasteiger partial charge in [0.2, 0.25) is 0 Å². The number of nitrogens with zero attached hydrogens (tertiary/aromatic N) is 1. The standard InChI is InChI=1S/C19H22N2O3/c1-14(22)16-7-5-9-18(11-16)24-13-19(23)20-17-8-4-6-15(10-17)12-21(2)3/h4-11H,12-13H2,1-3H3,(H,20,23). The molecule has 0 aromatic heterocycles. The molecule has 5 nitrogen and oxygen atoms in total. The van der Waals surface area contributed by atoms with Crippen LogP contribution in [0.2, 0.25) is 0 Å². The maximum atomic E-state index is 12.0. The van der Waals surface area contributed by atoms with E-state index in [0.29, 0.717) is 11.3 Å². The zero-order valence-corrected chi connectivity index (χ0v) is 14.2. The van der Waals surface area contributed by atoms with Gasteiger partial charge in [-0.25, -0.2) is 0 Å². The van der Waals surface area contributed by atoms with Crippen molar-refractivity contribution in [2.45, 2.75) is 13.5 Å². The molecular weight excluding hydrogens is 304 g/mol. The van der Waals surface area contributed by atoms with Gasteiger partial charge < -0.3 is 15.0 Å². The third-order valence-electron chi connectivity index (χ3n) is 3.32. The largest absolute Gasteiger partial charge is 0.484 e. The molecule has 0 aliphatic rings. The molecule has 126 valence electrons. The molecule has 1 amide bonds. The fraction of sp³-hybridized carbons (Fsp3) is 0.263. The van der Waals surface area contributed by atoms with Gasteiger partial charge in [-0.1, -0.05) is 24.3 Å². The van der Waals surface area contributed by atoms with E-state index >= 15 is 0 Å². The molecule has 1 N–H and O–H groups in total. The van der Waals surface area contributed by atoms with Crippen LogP contribution in [0.3, 0.4) is 0 Å². The van der Waals surface area contributed by atoms with E-state index in [1.165, 1.54) is 6.92 Å². The minimum Gasteiger partial charge on any atom is -0.484 e. The van der Waals surface area contributed by atoms with E-state index in [0.717, 1.165) is 17.8 Å². The molecule has 0 saturated heterocycles. The van der Waals surface area contributed by atoms with Crippen LogP contribution < -0.4 is 10.1 Å². The van der Waals surface area contributed by atoms with Gasteiger partial charge in [-0.15, -0.1) is 0 Å². The van der Waals surface area contributed by atoms with Crippen LogP contribution in [0.4, 0.5) is 5.69 Å². The Balaban J connectivity index is 1.91. The molecule has 0 aliphatic heterocycles. The Hall–Kier alpha value is -2.66. The molecule has 5 heteroatoms. The summed E-state index contributed by atoms with van der Waals surface area (Å²) >= 11 is 0. The first-order valence-corrected chi connectivity index (χ1v) is 7.71. The van der Waals surface area contributed by atoms with Gasteiger partial charge in [-0.2, -0.15) is 0 Å². The topological polar surface area (TPSA) is 58.6 Å². The van der Waals surface area contributed by atoms with Gasteiger partial charge in [0.25, 0.3) is 5.91 Å². The summed E-state index contributed by atoms with van der Waals surface area (Å²) < 4.78 is 5.45. The van der Waals surface area contributed by atoms with Crippen molar-refractivity contribution >= 4 is 17.4 Å². The van der Waals surface area contributed by atoms with Gasteiger partial charge in [0.15, 0.2) is 12.4 Å². The third-order valence-corrected chi connectivity index (χ3v) is 3.32. The second-order valence-electron chi connectivity index (χ2n) is 5.86. The lowest BCUT2D eigenvalue weighted by molar-refractivity contribution is -0.118. The predicted octanol–water partition coefficient (Wildman–Crippen LogP) is 2.97. The number of carbonyl (C=O) groups is 2. The monoisotopic (exact) mass is 326 g/mol. The van der Waals surface area contributed by atoms with Gasteiger partial charge in [0, 0.05) is 17.8 Å². The van der Waals surface area contributed by atoms with Crippen molar-refractivity contribution in [3.8, 4) is 5.75 Å². The molecule has 2 aromatic rings. The highest BCUT2D eigenvalue weighted by Gasteiger charge is 2.06. The highest BCUT2D eigenvalue weighted by atomic mass is 16.5. The van der Waals surface area contributed by atoms with Crippen LogP contribution in [0.5, 0.6) is 5.75 Å². The van der Waals surface area contributed by atoms with E-state index in [1.807, 2.05) is 38.4 Å². The maximum Gasteiger partial charge on any atom is 0.262 e. The summed E-state index contributed by atoms with van der Waals surface area (Å²) in [5.74, 6) is 0.215. The predicted molar refractivity (Wildman–Crippen MR) is 94.4 cm³/mol.